The van der Waals surface area contributed by atoms with E-state index in [9.17, 15) is 9.59 Å². The van der Waals surface area contributed by atoms with Crippen molar-refractivity contribution in [1.29, 1.82) is 0 Å². The Morgan fingerprint density at radius 1 is 0.808 bits per heavy atom. The maximum atomic E-state index is 11.8. The molecule has 6 nitrogen and oxygen atoms in total. The van der Waals surface area contributed by atoms with Crippen molar-refractivity contribution in [2.24, 2.45) is 0 Å². The second-order valence-electron chi connectivity index (χ2n) is 7.84. The Labute approximate surface area is 155 Å². The smallest absolute Gasteiger partial charge is 0.234 e. The molecule has 0 unspecified atom stereocenters. The number of carbonyl (C=O) groups excluding carboxylic acids is 2. The molecule has 0 radical (unpaired) electrons. The monoisotopic (exact) mass is 358 g/mol. The summed E-state index contributed by atoms with van der Waals surface area (Å²) in [5.41, 5.74) is 2.37. The fourth-order valence-electron chi connectivity index (χ4n) is 2.98. The maximum absolute atomic E-state index is 11.8. The van der Waals surface area contributed by atoms with Crippen LogP contribution in [-0.2, 0) is 22.7 Å². The Morgan fingerprint density at radius 2 is 1.15 bits per heavy atom. The summed E-state index contributed by atoms with van der Waals surface area (Å²) in [6, 6.07) is 9.23. The lowest BCUT2D eigenvalue weighted by atomic mass is 10.1. The minimum Gasteiger partial charge on any atom is -0.352 e. The Bertz CT molecular complexity index is 568. The lowest BCUT2D eigenvalue weighted by Crippen LogP contribution is -2.36. The summed E-state index contributed by atoms with van der Waals surface area (Å²) < 4.78 is 0. The van der Waals surface area contributed by atoms with Gasteiger partial charge in [0.1, 0.15) is 0 Å². The summed E-state index contributed by atoms with van der Waals surface area (Å²) in [5, 5.41) is 6.03. The van der Waals surface area contributed by atoms with E-state index in [1.807, 2.05) is 23.9 Å². The van der Waals surface area contributed by atoms with Crippen LogP contribution in [0.15, 0.2) is 24.3 Å². The van der Waals surface area contributed by atoms with E-state index in [0.29, 0.717) is 25.2 Å². The van der Waals surface area contributed by atoms with Crippen molar-refractivity contribution < 1.29 is 9.59 Å². The number of hydrogen-bond donors (Lipinski definition) is 2. The van der Waals surface area contributed by atoms with Crippen LogP contribution in [0.3, 0.4) is 0 Å². The molecule has 1 aromatic carbocycles. The van der Waals surface area contributed by atoms with Gasteiger partial charge in [0.15, 0.2) is 0 Å². The predicted octanol–water partition coefficient (Wildman–Crippen LogP) is 1.11. The number of rotatable bonds is 10. The fourth-order valence-corrected chi connectivity index (χ4v) is 2.98. The van der Waals surface area contributed by atoms with Crippen LogP contribution in [0.5, 0.6) is 0 Å². The minimum absolute atomic E-state index is 0.109. The molecule has 2 saturated carbocycles. The van der Waals surface area contributed by atoms with Gasteiger partial charge < -0.3 is 10.6 Å². The van der Waals surface area contributed by atoms with Gasteiger partial charge >= 0.3 is 0 Å². The van der Waals surface area contributed by atoms with E-state index < -0.39 is 0 Å². The highest BCUT2D eigenvalue weighted by molar-refractivity contribution is 5.79. The molecule has 2 fully saturated rings. The minimum atomic E-state index is 0.109. The van der Waals surface area contributed by atoms with Gasteiger partial charge in [-0.15, -0.1) is 0 Å². The third kappa shape index (κ3) is 6.77. The Balaban J connectivity index is 1.39. The van der Waals surface area contributed by atoms with Crippen molar-refractivity contribution >= 4 is 11.8 Å². The molecule has 0 heterocycles. The molecule has 0 saturated heterocycles. The van der Waals surface area contributed by atoms with Gasteiger partial charge in [0, 0.05) is 25.2 Å². The number of amides is 2. The van der Waals surface area contributed by atoms with Crippen LogP contribution in [0.2, 0.25) is 0 Å². The molecule has 2 N–H and O–H groups in total. The number of nitrogens with zero attached hydrogens (tertiary/aromatic N) is 2. The van der Waals surface area contributed by atoms with Crippen molar-refractivity contribution in [2.75, 3.05) is 27.2 Å². The van der Waals surface area contributed by atoms with Gasteiger partial charge in [0.05, 0.1) is 13.1 Å². The standard InChI is InChI=1S/C20H30N4O2/c1-23(13-19(25)21-17-7-8-17)11-15-3-5-16(6-4-15)12-24(2)14-20(26)22-18-9-10-18/h3-6,17-18H,7-14H2,1-2H3,(H,21,25)(H,22,26). The van der Waals surface area contributed by atoms with Crippen molar-refractivity contribution in [3.63, 3.8) is 0 Å². The van der Waals surface area contributed by atoms with Crippen LogP contribution in [0, 0.1) is 0 Å². The zero-order valence-corrected chi connectivity index (χ0v) is 15.8. The first-order chi connectivity index (χ1) is 12.5. The molecule has 2 aliphatic rings. The normalized spacial score (nSPS) is 16.8. The molecule has 2 amide bonds. The molecule has 3 rings (SSSR count). The van der Waals surface area contributed by atoms with E-state index in [0.717, 1.165) is 38.8 Å². The molecule has 0 aliphatic heterocycles. The predicted molar refractivity (Wildman–Crippen MR) is 101 cm³/mol. The topological polar surface area (TPSA) is 64.7 Å². The second kappa shape index (κ2) is 8.64. The van der Waals surface area contributed by atoms with Crippen molar-refractivity contribution in [3.05, 3.63) is 35.4 Å². The van der Waals surface area contributed by atoms with Crippen LogP contribution < -0.4 is 10.6 Å². The Hall–Kier alpha value is -1.92. The fraction of sp³-hybridized carbons (Fsp3) is 0.600. The Morgan fingerprint density at radius 3 is 1.46 bits per heavy atom. The molecular formula is C20H30N4O2. The lowest BCUT2D eigenvalue weighted by Gasteiger charge is -2.18. The quantitative estimate of drug-likeness (QED) is 0.658. The van der Waals surface area contributed by atoms with Crippen LogP contribution in [-0.4, -0.2) is 60.9 Å². The summed E-state index contributed by atoms with van der Waals surface area (Å²) in [6.45, 7) is 2.35. The molecule has 142 valence electrons. The molecule has 0 bridgehead atoms. The van der Waals surface area contributed by atoms with Crippen molar-refractivity contribution in [2.45, 2.75) is 50.9 Å². The largest absolute Gasteiger partial charge is 0.352 e. The third-order valence-corrected chi connectivity index (χ3v) is 4.64. The molecule has 0 aromatic heterocycles. The first-order valence-corrected chi connectivity index (χ1v) is 9.51. The molecule has 6 heteroatoms. The summed E-state index contributed by atoms with van der Waals surface area (Å²) in [6.07, 6.45) is 4.47. The molecular weight excluding hydrogens is 328 g/mol. The van der Waals surface area contributed by atoms with E-state index in [1.165, 1.54) is 11.1 Å². The van der Waals surface area contributed by atoms with Gasteiger partial charge in [-0.25, -0.2) is 0 Å². The van der Waals surface area contributed by atoms with Crippen molar-refractivity contribution in [3.8, 4) is 0 Å². The number of carbonyl (C=O) groups is 2. The van der Waals surface area contributed by atoms with E-state index in [1.54, 1.807) is 0 Å². The summed E-state index contributed by atoms with van der Waals surface area (Å²) >= 11 is 0. The van der Waals surface area contributed by atoms with Gasteiger partial charge in [-0.1, -0.05) is 24.3 Å². The summed E-state index contributed by atoms with van der Waals surface area (Å²) in [4.78, 5) is 27.7. The van der Waals surface area contributed by atoms with Crippen LogP contribution >= 0.6 is 0 Å². The van der Waals surface area contributed by atoms with Crippen molar-refractivity contribution in [1.82, 2.24) is 20.4 Å². The summed E-state index contributed by atoms with van der Waals surface area (Å²) in [5.74, 6) is 0.218. The van der Waals surface area contributed by atoms with Gasteiger partial charge in [0.2, 0.25) is 11.8 Å². The third-order valence-electron chi connectivity index (χ3n) is 4.64. The average molecular weight is 358 g/mol. The first-order valence-electron chi connectivity index (χ1n) is 9.51. The average Bonchev–Trinajstić information content (AvgIpc) is 3.46. The SMILES string of the molecule is CN(CC(=O)NC1CC1)Cc1ccc(CN(C)CC(=O)NC2CC2)cc1. The summed E-state index contributed by atoms with van der Waals surface area (Å²) in [7, 11) is 3.93. The van der Waals surface area contributed by atoms with Gasteiger partial charge in [0.25, 0.3) is 0 Å². The van der Waals surface area contributed by atoms with Gasteiger partial charge in [-0.3, -0.25) is 19.4 Å². The Kier molecular flexibility index (Phi) is 6.27. The molecule has 2 aliphatic carbocycles. The zero-order chi connectivity index (χ0) is 18.5. The van der Waals surface area contributed by atoms with E-state index in [2.05, 4.69) is 34.9 Å². The maximum Gasteiger partial charge on any atom is 0.234 e. The van der Waals surface area contributed by atoms with Crippen LogP contribution in [0.1, 0.15) is 36.8 Å². The van der Waals surface area contributed by atoms with Crippen LogP contribution in [0.4, 0.5) is 0 Å². The highest BCUT2D eigenvalue weighted by atomic mass is 16.2. The molecule has 26 heavy (non-hydrogen) atoms. The lowest BCUT2D eigenvalue weighted by molar-refractivity contribution is -0.123. The molecule has 0 spiro atoms. The number of hydrogen-bond acceptors (Lipinski definition) is 4. The number of likely N-dealkylation sites (N-methyl/N-ethyl adjacent to an activating group) is 2. The van der Waals surface area contributed by atoms with Gasteiger partial charge in [-0.2, -0.15) is 0 Å². The highest BCUT2D eigenvalue weighted by Gasteiger charge is 2.24. The first kappa shape index (κ1) is 18.9. The van der Waals surface area contributed by atoms with E-state index >= 15 is 0 Å². The van der Waals surface area contributed by atoms with Gasteiger partial charge in [-0.05, 0) is 50.9 Å². The zero-order valence-electron chi connectivity index (χ0n) is 15.8. The highest BCUT2D eigenvalue weighted by Crippen LogP contribution is 2.19. The second-order valence-corrected chi connectivity index (χ2v) is 7.84. The number of benzene rings is 1. The number of nitrogens with one attached hydrogen (secondary N) is 2. The van der Waals surface area contributed by atoms with Crippen LogP contribution in [0.25, 0.3) is 0 Å². The van der Waals surface area contributed by atoms with E-state index in [-0.39, 0.29) is 11.8 Å². The molecule has 1 aromatic rings. The van der Waals surface area contributed by atoms with E-state index in [4.69, 9.17) is 0 Å². The molecule has 0 atom stereocenters.